The van der Waals surface area contributed by atoms with Crippen molar-refractivity contribution in [1.29, 1.82) is 0 Å². The average molecular weight is 765 g/mol. The lowest BCUT2D eigenvalue weighted by Gasteiger charge is -2.19. The predicted octanol–water partition coefficient (Wildman–Crippen LogP) is 4.14. The Hall–Kier alpha value is -2.80. The molecule has 0 aliphatic rings. The zero-order valence-electron chi connectivity index (χ0n) is 25.7. The maximum absolute atomic E-state index is 13.9. The highest BCUT2D eigenvalue weighted by Gasteiger charge is 2.26. The summed E-state index contributed by atoms with van der Waals surface area (Å²) in [6.07, 6.45) is 3.29. The van der Waals surface area contributed by atoms with E-state index in [4.69, 9.17) is 4.74 Å². The minimum Gasteiger partial charge on any atom is -0.496 e. The number of hydrogen-bond donors (Lipinski definition) is 2. The third kappa shape index (κ3) is 9.12. The lowest BCUT2D eigenvalue weighted by atomic mass is 10.1. The largest absolute Gasteiger partial charge is 0.496 e. The van der Waals surface area contributed by atoms with E-state index in [-0.39, 0.29) is 19.0 Å². The zero-order chi connectivity index (χ0) is 33.0. The quantitative estimate of drug-likeness (QED) is 0.133. The number of nitrogens with one attached hydrogen (secondary N) is 1. The van der Waals surface area contributed by atoms with Crippen molar-refractivity contribution in [3.05, 3.63) is 68.4 Å². The fourth-order valence-electron chi connectivity index (χ4n) is 4.27. The third-order valence-electron chi connectivity index (χ3n) is 6.35. The number of carbonyl (C=O) groups is 1. The van der Waals surface area contributed by atoms with Gasteiger partial charge in [-0.25, -0.2) is 13.8 Å². The molecule has 0 fully saturated rings. The number of ether oxygens (including phenoxy) is 3. The standard InChI is InChI=1S/C24H27FN6O4S.C4H10O2.HIS/c1-13(2)28-20(32)15(4)30-21(33)19-14(3)22(31-26-9-10-27-31)36-23(19)29(24(30)34)11-8-16-12-17(25)6-7-18(16)35-5;1-5-3-4-6-2;1-2/h6-7,9-10,12-13,15H,8,11H2,1-5H3,(H,28,32);3-4H2,1-2H3;2H. The molecule has 0 saturated carbocycles. The van der Waals surface area contributed by atoms with E-state index in [0.29, 0.717) is 45.3 Å². The molecule has 3 aromatic heterocycles. The monoisotopic (exact) mass is 764 g/mol. The normalized spacial score (nSPS) is 11.4. The Kier molecular flexibility index (Phi) is 15.5. The lowest BCUT2D eigenvalue weighted by Crippen LogP contribution is -2.47. The van der Waals surface area contributed by atoms with Gasteiger partial charge in [-0.1, -0.05) is 11.3 Å². The Morgan fingerprint density at radius 3 is 2.25 bits per heavy atom. The van der Waals surface area contributed by atoms with Crippen LogP contribution in [0.3, 0.4) is 0 Å². The number of halogens is 2. The first-order chi connectivity index (χ1) is 21.0. The Labute approximate surface area is 276 Å². The molecular formula is C28H38FIN6O6S2. The van der Waals surface area contributed by atoms with E-state index in [9.17, 15) is 18.8 Å². The van der Waals surface area contributed by atoms with Gasteiger partial charge in [0.2, 0.25) is 5.91 Å². The molecule has 242 valence electrons. The van der Waals surface area contributed by atoms with Crippen LogP contribution in [0.5, 0.6) is 5.75 Å². The van der Waals surface area contributed by atoms with Crippen LogP contribution in [0.1, 0.15) is 37.9 Å². The summed E-state index contributed by atoms with van der Waals surface area (Å²) in [5.74, 6) is -0.377. The van der Waals surface area contributed by atoms with Gasteiger partial charge in [0, 0.05) is 32.4 Å². The van der Waals surface area contributed by atoms with Crippen LogP contribution in [0.4, 0.5) is 4.39 Å². The predicted molar refractivity (Wildman–Crippen MR) is 181 cm³/mol. The summed E-state index contributed by atoms with van der Waals surface area (Å²) in [6.45, 7) is 8.38. The number of amides is 1. The second kappa shape index (κ2) is 18.2. The third-order valence-corrected chi connectivity index (χ3v) is 7.64. The van der Waals surface area contributed by atoms with Crippen molar-refractivity contribution in [2.45, 2.75) is 52.7 Å². The molecule has 12 nitrogen and oxygen atoms in total. The van der Waals surface area contributed by atoms with Crippen LogP contribution in [-0.4, -0.2) is 70.6 Å². The molecule has 44 heavy (non-hydrogen) atoms. The van der Waals surface area contributed by atoms with E-state index in [1.54, 1.807) is 35.0 Å². The van der Waals surface area contributed by atoms with Crippen molar-refractivity contribution in [2.75, 3.05) is 34.5 Å². The van der Waals surface area contributed by atoms with Crippen molar-refractivity contribution >= 4 is 58.5 Å². The van der Waals surface area contributed by atoms with Crippen LogP contribution in [0.2, 0.25) is 0 Å². The SMILES string of the molecule is COCCOC.COc1ccc(F)cc1CCn1c(=O)n(C(C)C(=O)NC(C)C)c(=O)c2c(C)c(-n3nccn3)sc21.SI. The smallest absolute Gasteiger partial charge is 0.332 e. The fourth-order valence-corrected chi connectivity index (χ4v) is 5.50. The van der Waals surface area contributed by atoms with Gasteiger partial charge in [0.15, 0.2) is 0 Å². The van der Waals surface area contributed by atoms with E-state index in [1.165, 1.54) is 65.3 Å². The molecule has 4 aromatic rings. The highest BCUT2D eigenvalue weighted by Crippen LogP contribution is 2.31. The van der Waals surface area contributed by atoms with Gasteiger partial charge in [0.05, 0.1) is 38.1 Å². The number of thiophene rings is 1. The maximum atomic E-state index is 13.9. The molecule has 1 atom stereocenters. The van der Waals surface area contributed by atoms with Gasteiger partial charge in [-0.05, 0) is 79.1 Å². The van der Waals surface area contributed by atoms with Gasteiger partial charge in [0.1, 0.15) is 27.4 Å². The van der Waals surface area contributed by atoms with Crippen LogP contribution < -0.4 is 21.3 Å². The van der Waals surface area contributed by atoms with E-state index in [0.717, 1.165) is 4.57 Å². The van der Waals surface area contributed by atoms with Crippen LogP contribution in [0, 0.1) is 12.7 Å². The summed E-state index contributed by atoms with van der Waals surface area (Å²) in [7, 11) is 8.29. The van der Waals surface area contributed by atoms with Crippen LogP contribution in [0.15, 0.2) is 40.2 Å². The van der Waals surface area contributed by atoms with Gasteiger partial charge in [-0.2, -0.15) is 10.2 Å². The molecule has 0 bridgehead atoms. The zero-order valence-corrected chi connectivity index (χ0v) is 29.5. The fraction of sp³-hybridized carbons (Fsp3) is 0.464. The number of nitrogens with zero attached hydrogens (tertiary/aromatic N) is 5. The van der Waals surface area contributed by atoms with Crippen molar-refractivity contribution < 1.29 is 23.4 Å². The molecule has 0 aliphatic heterocycles. The number of fused-ring (bicyclic) bond motifs is 1. The first-order valence-electron chi connectivity index (χ1n) is 13.5. The average Bonchev–Trinajstić information content (AvgIpc) is 3.65. The first-order valence-corrected chi connectivity index (χ1v) is 17.5. The topological polar surface area (TPSA) is 132 Å². The molecule has 0 spiro atoms. The summed E-state index contributed by atoms with van der Waals surface area (Å²) in [5, 5.41) is 12.0. The second-order valence-electron chi connectivity index (χ2n) is 9.67. The van der Waals surface area contributed by atoms with Crippen molar-refractivity contribution in [3.63, 3.8) is 0 Å². The summed E-state index contributed by atoms with van der Waals surface area (Å²) in [5.41, 5.74) is -0.0229. The Bertz CT molecular complexity index is 1620. The van der Waals surface area contributed by atoms with Crippen molar-refractivity contribution in [1.82, 2.24) is 29.4 Å². The maximum Gasteiger partial charge on any atom is 0.332 e. The molecule has 1 aromatic carbocycles. The number of rotatable bonds is 11. The molecule has 1 amide bonds. The molecular weight excluding hydrogens is 726 g/mol. The number of thiol groups is 1. The summed E-state index contributed by atoms with van der Waals surface area (Å²) in [6, 6.07) is 2.97. The van der Waals surface area contributed by atoms with Crippen LogP contribution in [0.25, 0.3) is 15.2 Å². The van der Waals surface area contributed by atoms with Gasteiger partial charge in [-0.3, -0.25) is 14.2 Å². The van der Waals surface area contributed by atoms with Crippen molar-refractivity contribution in [2.24, 2.45) is 0 Å². The highest BCUT2D eigenvalue weighted by molar-refractivity contribution is 14.2. The van der Waals surface area contributed by atoms with Crippen LogP contribution >= 0.6 is 42.3 Å². The highest BCUT2D eigenvalue weighted by atomic mass is 127. The Morgan fingerprint density at radius 1 is 1.09 bits per heavy atom. The molecule has 0 radical (unpaired) electrons. The van der Waals surface area contributed by atoms with E-state index < -0.39 is 29.0 Å². The Morgan fingerprint density at radius 2 is 1.70 bits per heavy atom. The van der Waals surface area contributed by atoms with E-state index in [2.05, 4.69) is 34.8 Å². The molecule has 3 heterocycles. The van der Waals surface area contributed by atoms with Gasteiger partial charge >= 0.3 is 5.69 Å². The number of aryl methyl sites for hydroxylation is 3. The number of methoxy groups -OCH3 is 3. The molecule has 16 heteroatoms. The van der Waals surface area contributed by atoms with Crippen molar-refractivity contribution in [3.8, 4) is 10.8 Å². The van der Waals surface area contributed by atoms with Gasteiger partial charge in [-0.15, -0.1) is 14.6 Å². The molecule has 4 rings (SSSR count). The number of benzene rings is 1. The number of hydrogen-bond acceptors (Lipinski definition) is 10. The second-order valence-corrected chi connectivity index (χ2v) is 10.6. The minimum absolute atomic E-state index is 0.125. The lowest BCUT2D eigenvalue weighted by molar-refractivity contribution is -0.124. The summed E-state index contributed by atoms with van der Waals surface area (Å²) < 4.78 is 31.0. The molecule has 1 unspecified atom stereocenters. The molecule has 0 aliphatic carbocycles. The summed E-state index contributed by atoms with van der Waals surface area (Å²) in [4.78, 5) is 41.9. The van der Waals surface area contributed by atoms with Gasteiger partial charge < -0.3 is 19.5 Å². The first kappa shape index (κ1) is 37.4. The van der Waals surface area contributed by atoms with E-state index >= 15 is 0 Å². The summed E-state index contributed by atoms with van der Waals surface area (Å²) >= 11 is 3.05. The molecule has 0 saturated heterocycles. The van der Waals surface area contributed by atoms with E-state index in [1.807, 2.05) is 21.2 Å². The molecule has 1 N–H and O–H groups in total. The minimum atomic E-state index is -1.04. The van der Waals surface area contributed by atoms with Gasteiger partial charge in [0.25, 0.3) is 5.56 Å². The number of carbonyl (C=O) groups excluding carboxylic acids is 1. The Balaban J connectivity index is 0.000000755. The number of aromatic nitrogens is 5. The van der Waals surface area contributed by atoms with Crippen LogP contribution in [-0.2, 0) is 27.2 Å².